The van der Waals surface area contributed by atoms with Gasteiger partial charge in [-0.3, -0.25) is 4.99 Å². The lowest BCUT2D eigenvalue weighted by Gasteiger charge is -1.85. The summed E-state index contributed by atoms with van der Waals surface area (Å²) >= 11 is 1.68. The van der Waals surface area contributed by atoms with Gasteiger partial charge in [0, 0.05) is 6.20 Å². The van der Waals surface area contributed by atoms with Gasteiger partial charge in [-0.1, -0.05) is 0 Å². The van der Waals surface area contributed by atoms with Crippen LogP contribution in [0, 0.1) is 0 Å². The zero-order chi connectivity index (χ0) is 5.70. The molecule has 0 radical (unpaired) electrons. The summed E-state index contributed by atoms with van der Waals surface area (Å²) in [6.07, 6.45) is 3.75. The minimum atomic E-state index is 1.19. The first-order valence-corrected chi connectivity index (χ1v) is 3.20. The summed E-state index contributed by atoms with van der Waals surface area (Å²) < 4.78 is 0. The third-order valence-corrected chi connectivity index (χ3v) is 1.34. The molecular weight excluding hydrogens is 106 g/mol. The second kappa shape index (κ2) is 3.93. The first kappa shape index (κ1) is 6.76. The number of rotatable bonds is 2. The van der Waals surface area contributed by atoms with E-state index in [4.69, 9.17) is 0 Å². The summed E-state index contributed by atoms with van der Waals surface area (Å²) in [5.41, 5.74) is 0. The second-order valence-electron chi connectivity index (χ2n) is 1.13. The van der Waals surface area contributed by atoms with Crippen molar-refractivity contribution in [2.75, 3.05) is 6.26 Å². The highest BCUT2D eigenvalue weighted by atomic mass is 32.2. The summed E-state index contributed by atoms with van der Waals surface area (Å²) in [4.78, 5) is 4.76. The van der Waals surface area contributed by atoms with Gasteiger partial charge in [0.1, 0.15) is 0 Å². The van der Waals surface area contributed by atoms with Crippen LogP contribution < -0.4 is 0 Å². The quantitative estimate of drug-likeness (QED) is 0.501. The topological polar surface area (TPSA) is 12.4 Å². The Hall–Kier alpha value is -0.240. The lowest BCUT2D eigenvalue weighted by atomic mass is 10.7. The van der Waals surface area contributed by atoms with Gasteiger partial charge in [-0.05, 0) is 24.8 Å². The maximum atomic E-state index is 3.57. The molecule has 0 rings (SSSR count). The molecule has 0 aliphatic rings. The van der Waals surface area contributed by atoms with Crippen molar-refractivity contribution in [1.82, 2.24) is 0 Å². The molecule has 0 aliphatic heterocycles. The van der Waals surface area contributed by atoms with Gasteiger partial charge < -0.3 is 0 Å². The van der Waals surface area contributed by atoms with E-state index in [-0.39, 0.29) is 0 Å². The molecule has 0 N–H and O–H groups in total. The largest absolute Gasteiger partial charge is 0.272 e. The predicted molar refractivity (Wildman–Crippen MR) is 36.8 cm³/mol. The summed E-state index contributed by atoms with van der Waals surface area (Å²) in [7, 11) is 0. The van der Waals surface area contributed by atoms with Gasteiger partial charge in [0.25, 0.3) is 0 Å². The number of nitrogens with zero attached hydrogens (tertiary/aromatic N) is 1. The predicted octanol–water partition coefficient (Wildman–Crippen LogP) is 1.91. The molecule has 0 aliphatic carbocycles. The van der Waals surface area contributed by atoms with E-state index in [0.29, 0.717) is 0 Å². The van der Waals surface area contributed by atoms with Crippen LogP contribution in [0.25, 0.3) is 0 Å². The van der Waals surface area contributed by atoms with Crippen LogP contribution in [-0.4, -0.2) is 13.0 Å². The highest BCUT2D eigenvalue weighted by molar-refractivity contribution is 8.02. The van der Waals surface area contributed by atoms with Crippen molar-refractivity contribution in [2.24, 2.45) is 4.99 Å². The highest BCUT2D eigenvalue weighted by Gasteiger charge is 1.76. The van der Waals surface area contributed by atoms with E-state index in [1.807, 2.05) is 13.2 Å². The van der Waals surface area contributed by atoms with Gasteiger partial charge in [0.05, 0.1) is 0 Å². The van der Waals surface area contributed by atoms with Crippen molar-refractivity contribution in [2.45, 2.75) is 6.92 Å². The lowest BCUT2D eigenvalue weighted by molar-refractivity contribution is 1.53. The summed E-state index contributed by atoms with van der Waals surface area (Å²) in [5.74, 6) is 0. The molecule has 1 nitrogen and oxygen atoms in total. The average Bonchev–Trinajstić information content (AvgIpc) is 1.68. The Morgan fingerprint density at radius 2 is 2.43 bits per heavy atom. The monoisotopic (exact) mass is 115 g/mol. The average molecular weight is 115 g/mol. The molecule has 40 valence electrons. The van der Waals surface area contributed by atoms with Crippen molar-refractivity contribution in [3.8, 4) is 0 Å². The van der Waals surface area contributed by atoms with E-state index in [2.05, 4.69) is 11.7 Å². The Bertz CT molecular complexity index is 86.1. The third kappa shape index (κ3) is 3.59. The van der Waals surface area contributed by atoms with Gasteiger partial charge in [0.2, 0.25) is 0 Å². The lowest BCUT2D eigenvalue weighted by Crippen LogP contribution is -1.58. The Kier molecular flexibility index (Phi) is 3.80. The van der Waals surface area contributed by atoms with E-state index in [1.54, 1.807) is 18.0 Å². The van der Waals surface area contributed by atoms with Crippen LogP contribution >= 0.6 is 11.8 Å². The minimum Gasteiger partial charge on any atom is -0.272 e. The fourth-order valence-electron chi connectivity index (χ4n) is 0.181. The molecule has 0 unspecified atom stereocenters. The molecule has 0 aromatic rings. The molecule has 0 saturated heterocycles. The molecule has 0 fully saturated rings. The van der Waals surface area contributed by atoms with Crippen LogP contribution in [0.1, 0.15) is 6.92 Å². The zero-order valence-electron chi connectivity index (χ0n) is 4.64. The molecule has 0 atom stereocenters. The molecule has 0 aromatic heterocycles. The molecule has 2 heteroatoms. The molecule has 0 bridgehead atoms. The van der Waals surface area contributed by atoms with Crippen LogP contribution in [0.15, 0.2) is 16.1 Å². The smallest absolute Gasteiger partial charge is 0.0352 e. The normalized spacial score (nSPS) is 11.4. The number of hydrogen-bond donors (Lipinski definition) is 0. The van der Waals surface area contributed by atoms with Crippen molar-refractivity contribution in [3.63, 3.8) is 0 Å². The number of thioether (sulfide) groups is 1. The van der Waals surface area contributed by atoms with Gasteiger partial charge in [-0.25, -0.2) is 0 Å². The number of allylic oxidation sites excluding steroid dienone is 1. The van der Waals surface area contributed by atoms with Crippen LogP contribution in [-0.2, 0) is 0 Å². The molecular formula is C5H9NS. The maximum absolute atomic E-state index is 3.57. The fourth-order valence-corrected chi connectivity index (χ4v) is 0.361. The summed E-state index contributed by atoms with van der Waals surface area (Å²) in [5, 5.41) is 0. The first-order chi connectivity index (χ1) is 3.31. The first-order valence-electron chi connectivity index (χ1n) is 1.98. The highest BCUT2D eigenvalue weighted by Crippen LogP contribution is 2.07. The van der Waals surface area contributed by atoms with Crippen molar-refractivity contribution >= 4 is 18.5 Å². The molecule has 7 heavy (non-hydrogen) atoms. The number of aliphatic imine (C=N–C) groups is 1. The van der Waals surface area contributed by atoms with Crippen LogP contribution in [0.4, 0.5) is 0 Å². The Morgan fingerprint density at radius 1 is 1.86 bits per heavy atom. The van der Waals surface area contributed by atoms with E-state index in [0.717, 1.165) is 0 Å². The van der Waals surface area contributed by atoms with Gasteiger partial charge in [-0.2, -0.15) is 0 Å². The summed E-state index contributed by atoms with van der Waals surface area (Å²) in [6.45, 7) is 5.31. The van der Waals surface area contributed by atoms with Gasteiger partial charge >= 0.3 is 0 Å². The molecule has 0 spiro atoms. The zero-order valence-corrected chi connectivity index (χ0v) is 5.46. The van der Waals surface area contributed by atoms with Crippen LogP contribution in [0.2, 0.25) is 0 Å². The van der Waals surface area contributed by atoms with E-state index < -0.39 is 0 Å². The van der Waals surface area contributed by atoms with Crippen LogP contribution in [0.3, 0.4) is 0 Å². The molecule has 0 aromatic carbocycles. The molecule has 0 saturated carbocycles. The SMILES string of the molecule is C=N/C=C(/C)SC. The van der Waals surface area contributed by atoms with E-state index >= 15 is 0 Å². The standard InChI is InChI=1S/C5H9NS/c1-5(7-3)4-6-2/h4H,2H2,1,3H3/b5-4-. The van der Waals surface area contributed by atoms with E-state index in [1.165, 1.54) is 4.91 Å². The van der Waals surface area contributed by atoms with Gasteiger partial charge in [-0.15, -0.1) is 11.8 Å². The minimum absolute atomic E-state index is 1.19. The Balaban J connectivity index is 3.49. The third-order valence-electron chi connectivity index (χ3n) is 0.595. The number of hydrogen-bond acceptors (Lipinski definition) is 2. The van der Waals surface area contributed by atoms with Crippen molar-refractivity contribution < 1.29 is 0 Å². The fraction of sp³-hybridized carbons (Fsp3) is 0.400. The Morgan fingerprint density at radius 3 is 2.57 bits per heavy atom. The molecule has 0 amide bonds. The maximum Gasteiger partial charge on any atom is 0.0352 e. The van der Waals surface area contributed by atoms with Crippen molar-refractivity contribution in [1.29, 1.82) is 0 Å². The van der Waals surface area contributed by atoms with Gasteiger partial charge in [0.15, 0.2) is 0 Å². The summed E-state index contributed by atoms with van der Waals surface area (Å²) in [6, 6.07) is 0. The second-order valence-corrected chi connectivity index (χ2v) is 2.18. The van der Waals surface area contributed by atoms with Crippen molar-refractivity contribution in [3.05, 3.63) is 11.1 Å². The molecule has 0 heterocycles. The van der Waals surface area contributed by atoms with Crippen LogP contribution in [0.5, 0.6) is 0 Å². The van der Waals surface area contributed by atoms with E-state index in [9.17, 15) is 0 Å². The Labute approximate surface area is 48.5 Å².